The van der Waals surface area contributed by atoms with Gasteiger partial charge >= 0.3 is 0 Å². The number of para-hydroxylation sites is 1. The van der Waals surface area contributed by atoms with Crippen molar-refractivity contribution in [2.75, 3.05) is 39.8 Å². The Hall–Kier alpha value is -1.11. The monoisotopic (exact) mass is 324 g/mol. The van der Waals surface area contributed by atoms with Crippen LogP contribution in [0.25, 0.3) is 0 Å². The van der Waals surface area contributed by atoms with Gasteiger partial charge in [0.15, 0.2) is 0 Å². The van der Waals surface area contributed by atoms with Crippen LogP contribution in [0, 0.1) is 5.41 Å². The minimum atomic E-state index is -3.49. The first kappa shape index (κ1) is 15.8. The Morgan fingerprint density at radius 1 is 1.23 bits per heavy atom. The lowest BCUT2D eigenvalue weighted by Crippen LogP contribution is -2.50. The van der Waals surface area contributed by atoms with E-state index in [0.717, 1.165) is 25.9 Å². The molecule has 0 aromatic heterocycles. The second kappa shape index (κ2) is 5.83. The largest absolute Gasteiger partial charge is 0.492 e. The van der Waals surface area contributed by atoms with Crippen molar-refractivity contribution < 1.29 is 13.2 Å². The molecule has 0 N–H and O–H groups in total. The average molecular weight is 324 g/mol. The van der Waals surface area contributed by atoms with Gasteiger partial charge < -0.3 is 9.64 Å². The third-order valence-corrected chi connectivity index (χ3v) is 6.87. The third kappa shape index (κ3) is 2.75. The van der Waals surface area contributed by atoms with Gasteiger partial charge in [-0.25, -0.2) is 8.42 Å². The van der Waals surface area contributed by atoms with E-state index in [4.69, 9.17) is 4.74 Å². The average Bonchev–Trinajstić information content (AvgIpc) is 2.52. The van der Waals surface area contributed by atoms with Crippen molar-refractivity contribution in [2.24, 2.45) is 5.41 Å². The molecule has 1 aromatic carbocycles. The molecule has 6 heteroatoms. The number of hydrogen-bond acceptors (Lipinski definition) is 4. The molecule has 1 fully saturated rings. The Bertz CT molecular complexity index is 637. The maximum atomic E-state index is 12.9. The molecule has 122 valence electrons. The standard InChI is InChI=1S/C16H24N2O3S/c1-3-18-12-16(8-10-17(2)11-9-16)13-21-14-6-4-5-7-15(14)22(18,19)20/h4-7H,3,8-13H2,1-2H3. The summed E-state index contributed by atoms with van der Waals surface area (Å²) in [5, 5.41) is 0. The summed E-state index contributed by atoms with van der Waals surface area (Å²) in [7, 11) is -1.38. The molecule has 22 heavy (non-hydrogen) atoms. The van der Waals surface area contributed by atoms with Gasteiger partial charge in [0, 0.05) is 18.5 Å². The van der Waals surface area contributed by atoms with Crippen LogP contribution in [0.15, 0.2) is 29.2 Å². The smallest absolute Gasteiger partial charge is 0.246 e. The highest BCUT2D eigenvalue weighted by Crippen LogP contribution is 2.38. The topological polar surface area (TPSA) is 49.9 Å². The van der Waals surface area contributed by atoms with E-state index in [1.165, 1.54) is 0 Å². The molecule has 2 heterocycles. The molecule has 0 amide bonds. The molecule has 1 aromatic rings. The third-order valence-electron chi connectivity index (χ3n) is 4.91. The van der Waals surface area contributed by atoms with Crippen molar-refractivity contribution >= 4 is 10.0 Å². The molecular formula is C16H24N2O3S. The summed E-state index contributed by atoms with van der Waals surface area (Å²) in [6.45, 7) is 5.52. The minimum absolute atomic E-state index is 0.0802. The summed E-state index contributed by atoms with van der Waals surface area (Å²) in [6.07, 6.45) is 1.94. The molecule has 0 aliphatic carbocycles. The summed E-state index contributed by atoms with van der Waals surface area (Å²) >= 11 is 0. The number of rotatable bonds is 1. The van der Waals surface area contributed by atoms with E-state index in [1.807, 2.05) is 13.0 Å². The highest BCUT2D eigenvalue weighted by Gasteiger charge is 2.41. The highest BCUT2D eigenvalue weighted by molar-refractivity contribution is 7.89. The van der Waals surface area contributed by atoms with E-state index >= 15 is 0 Å². The van der Waals surface area contributed by atoms with Gasteiger partial charge in [-0.1, -0.05) is 19.1 Å². The number of benzene rings is 1. The van der Waals surface area contributed by atoms with Gasteiger partial charge in [-0.15, -0.1) is 0 Å². The Morgan fingerprint density at radius 2 is 1.91 bits per heavy atom. The first-order valence-electron chi connectivity index (χ1n) is 7.87. The van der Waals surface area contributed by atoms with Crippen molar-refractivity contribution in [3.05, 3.63) is 24.3 Å². The van der Waals surface area contributed by atoms with Crippen molar-refractivity contribution in [2.45, 2.75) is 24.7 Å². The predicted octanol–water partition coefficient (Wildman–Crippen LogP) is 1.80. The Balaban J connectivity index is 2.00. The maximum Gasteiger partial charge on any atom is 0.246 e. The Morgan fingerprint density at radius 3 is 2.59 bits per heavy atom. The molecule has 1 saturated heterocycles. The number of ether oxygens (including phenoxy) is 1. The van der Waals surface area contributed by atoms with Crippen LogP contribution in [0.1, 0.15) is 19.8 Å². The molecular weight excluding hydrogens is 300 g/mol. The Kier molecular flexibility index (Phi) is 4.18. The molecule has 0 saturated carbocycles. The fourth-order valence-electron chi connectivity index (χ4n) is 3.33. The van der Waals surface area contributed by atoms with Gasteiger partial charge in [0.05, 0.1) is 6.61 Å². The zero-order valence-corrected chi connectivity index (χ0v) is 14.1. The molecule has 3 rings (SSSR count). The van der Waals surface area contributed by atoms with Gasteiger partial charge in [0.1, 0.15) is 10.6 Å². The van der Waals surface area contributed by atoms with Crippen LogP contribution in [-0.2, 0) is 10.0 Å². The fraction of sp³-hybridized carbons (Fsp3) is 0.625. The lowest BCUT2D eigenvalue weighted by atomic mass is 9.79. The molecule has 0 radical (unpaired) electrons. The lowest BCUT2D eigenvalue weighted by Gasteiger charge is -2.44. The molecule has 0 bridgehead atoms. The van der Waals surface area contributed by atoms with Gasteiger partial charge in [-0.05, 0) is 45.1 Å². The van der Waals surface area contributed by atoms with E-state index in [-0.39, 0.29) is 5.41 Å². The van der Waals surface area contributed by atoms with Crippen LogP contribution in [-0.4, -0.2) is 57.5 Å². The van der Waals surface area contributed by atoms with Crippen molar-refractivity contribution in [1.82, 2.24) is 9.21 Å². The zero-order chi connectivity index (χ0) is 15.8. The molecule has 0 unspecified atom stereocenters. The summed E-state index contributed by atoms with van der Waals surface area (Å²) in [5.41, 5.74) is -0.0802. The van der Waals surface area contributed by atoms with Crippen molar-refractivity contribution in [1.29, 1.82) is 0 Å². The molecule has 2 aliphatic rings. The normalized spacial score (nSPS) is 25.0. The fourth-order valence-corrected chi connectivity index (χ4v) is 5.03. The highest BCUT2D eigenvalue weighted by atomic mass is 32.2. The first-order valence-corrected chi connectivity index (χ1v) is 9.31. The molecule has 5 nitrogen and oxygen atoms in total. The van der Waals surface area contributed by atoms with Crippen LogP contribution < -0.4 is 4.74 Å². The molecule has 1 spiro atoms. The van der Waals surface area contributed by atoms with Gasteiger partial charge in [0.25, 0.3) is 0 Å². The second-order valence-electron chi connectivity index (χ2n) is 6.47. The lowest BCUT2D eigenvalue weighted by molar-refractivity contribution is 0.0441. The molecule has 2 aliphatic heterocycles. The maximum absolute atomic E-state index is 12.9. The zero-order valence-electron chi connectivity index (χ0n) is 13.3. The van der Waals surface area contributed by atoms with Crippen LogP contribution in [0.4, 0.5) is 0 Å². The van der Waals surface area contributed by atoms with E-state index < -0.39 is 10.0 Å². The number of sulfonamides is 1. The number of nitrogens with zero attached hydrogens (tertiary/aromatic N) is 2. The Labute approximate surface area is 132 Å². The van der Waals surface area contributed by atoms with Crippen LogP contribution in [0.2, 0.25) is 0 Å². The second-order valence-corrected chi connectivity index (χ2v) is 8.38. The quantitative estimate of drug-likeness (QED) is 0.790. The number of hydrogen-bond donors (Lipinski definition) is 0. The number of likely N-dealkylation sites (tertiary alicyclic amines) is 1. The summed E-state index contributed by atoms with van der Waals surface area (Å²) in [6, 6.07) is 6.97. The number of fused-ring (bicyclic) bond motifs is 1. The summed E-state index contributed by atoms with van der Waals surface area (Å²) in [4.78, 5) is 2.59. The van der Waals surface area contributed by atoms with Crippen molar-refractivity contribution in [3.63, 3.8) is 0 Å². The SMILES string of the molecule is CCN1CC2(CCN(C)CC2)COc2ccccc2S1(=O)=O. The van der Waals surface area contributed by atoms with E-state index in [2.05, 4.69) is 11.9 Å². The first-order chi connectivity index (χ1) is 10.5. The number of piperidine rings is 1. The van der Waals surface area contributed by atoms with E-state index in [0.29, 0.717) is 30.3 Å². The van der Waals surface area contributed by atoms with Crippen LogP contribution in [0.5, 0.6) is 5.75 Å². The van der Waals surface area contributed by atoms with Crippen molar-refractivity contribution in [3.8, 4) is 5.75 Å². The summed E-state index contributed by atoms with van der Waals surface area (Å²) in [5.74, 6) is 0.485. The molecule has 0 atom stereocenters. The predicted molar refractivity (Wildman–Crippen MR) is 85.5 cm³/mol. The van der Waals surface area contributed by atoms with E-state index in [9.17, 15) is 8.42 Å². The van der Waals surface area contributed by atoms with Gasteiger partial charge in [-0.3, -0.25) is 0 Å². The van der Waals surface area contributed by atoms with E-state index in [1.54, 1.807) is 22.5 Å². The van der Waals surface area contributed by atoms with Crippen LogP contribution >= 0.6 is 0 Å². The summed E-state index contributed by atoms with van der Waals surface area (Å²) < 4.78 is 33.5. The van der Waals surface area contributed by atoms with Crippen LogP contribution in [0.3, 0.4) is 0 Å². The minimum Gasteiger partial charge on any atom is -0.492 e. The van der Waals surface area contributed by atoms with Gasteiger partial charge in [-0.2, -0.15) is 4.31 Å². The van der Waals surface area contributed by atoms with Gasteiger partial charge in [0.2, 0.25) is 10.0 Å².